The third-order valence-corrected chi connectivity index (χ3v) is 4.69. The van der Waals surface area contributed by atoms with Crippen LogP contribution in [0, 0.1) is 6.92 Å². The Labute approximate surface area is 152 Å². The summed E-state index contributed by atoms with van der Waals surface area (Å²) in [5.74, 6) is 0.131. The smallest absolute Gasteiger partial charge is 0.252 e. The van der Waals surface area contributed by atoms with E-state index in [2.05, 4.69) is 4.98 Å². The molecule has 3 aromatic rings. The van der Waals surface area contributed by atoms with E-state index in [1.165, 1.54) is 0 Å². The van der Waals surface area contributed by atoms with Gasteiger partial charge in [-0.2, -0.15) is 0 Å². The SMILES string of the molecule is CCN(Cc1cc2cccc(C)c2[nH]c1=O)CC(O)c1cccc(O)c1. The number of phenolic OH excluding ortho intramolecular Hbond substituents is 1. The van der Waals surface area contributed by atoms with Crippen LogP contribution in [-0.2, 0) is 6.54 Å². The van der Waals surface area contributed by atoms with Crippen LogP contribution in [0.1, 0.15) is 29.7 Å². The molecule has 5 heteroatoms. The molecular formula is C21H24N2O3. The predicted molar refractivity (Wildman–Crippen MR) is 103 cm³/mol. The molecule has 0 saturated carbocycles. The molecular weight excluding hydrogens is 328 g/mol. The Morgan fingerprint density at radius 1 is 1.15 bits per heavy atom. The van der Waals surface area contributed by atoms with Gasteiger partial charge in [-0.25, -0.2) is 0 Å². The van der Waals surface area contributed by atoms with Gasteiger partial charge in [-0.3, -0.25) is 9.69 Å². The van der Waals surface area contributed by atoms with Gasteiger partial charge >= 0.3 is 0 Å². The molecule has 3 N–H and O–H groups in total. The molecule has 136 valence electrons. The minimum absolute atomic E-state index is 0.0999. The molecule has 0 aliphatic heterocycles. The predicted octanol–water partition coefficient (Wildman–Crippen LogP) is 3.10. The molecule has 1 heterocycles. The van der Waals surface area contributed by atoms with Crippen LogP contribution >= 0.6 is 0 Å². The number of H-pyrrole nitrogens is 1. The quantitative estimate of drug-likeness (QED) is 0.637. The second kappa shape index (κ2) is 7.72. The lowest BCUT2D eigenvalue weighted by Gasteiger charge is -2.23. The largest absolute Gasteiger partial charge is 0.508 e. The van der Waals surface area contributed by atoms with Gasteiger partial charge in [-0.05, 0) is 48.2 Å². The average Bonchev–Trinajstić information content (AvgIpc) is 2.62. The third kappa shape index (κ3) is 3.95. The number of aromatic hydroxyl groups is 1. The van der Waals surface area contributed by atoms with Crippen LogP contribution in [-0.4, -0.2) is 33.2 Å². The van der Waals surface area contributed by atoms with Gasteiger partial charge in [0.1, 0.15) is 5.75 Å². The number of hydrogen-bond donors (Lipinski definition) is 3. The molecule has 0 amide bonds. The molecule has 0 fully saturated rings. The minimum Gasteiger partial charge on any atom is -0.508 e. The highest BCUT2D eigenvalue weighted by Gasteiger charge is 2.15. The summed E-state index contributed by atoms with van der Waals surface area (Å²) in [6, 6.07) is 14.5. The summed E-state index contributed by atoms with van der Waals surface area (Å²) in [5.41, 5.74) is 3.14. The normalized spacial score (nSPS) is 12.6. The zero-order valence-corrected chi connectivity index (χ0v) is 15.1. The molecule has 0 bridgehead atoms. The first-order valence-corrected chi connectivity index (χ1v) is 8.78. The van der Waals surface area contributed by atoms with Crippen LogP contribution in [0.2, 0.25) is 0 Å². The number of aromatic amines is 1. The van der Waals surface area contributed by atoms with Crippen molar-refractivity contribution in [3.8, 4) is 5.75 Å². The maximum absolute atomic E-state index is 12.5. The first kappa shape index (κ1) is 18.2. The van der Waals surface area contributed by atoms with E-state index in [-0.39, 0.29) is 11.3 Å². The van der Waals surface area contributed by atoms with Crippen LogP contribution < -0.4 is 5.56 Å². The van der Waals surface area contributed by atoms with Crippen molar-refractivity contribution in [3.05, 3.63) is 75.6 Å². The number of fused-ring (bicyclic) bond motifs is 1. The first-order chi connectivity index (χ1) is 12.5. The Morgan fingerprint density at radius 3 is 2.65 bits per heavy atom. The summed E-state index contributed by atoms with van der Waals surface area (Å²) in [6.45, 7) is 5.49. The highest BCUT2D eigenvalue weighted by molar-refractivity contribution is 5.81. The second-order valence-corrected chi connectivity index (χ2v) is 6.60. The molecule has 1 aromatic heterocycles. The molecule has 3 rings (SSSR count). The van der Waals surface area contributed by atoms with E-state index in [0.717, 1.165) is 16.5 Å². The summed E-state index contributed by atoms with van der Waals surface area (Å²) in [6.07, 6.45) is -0.733. The summed E-state index contributed by atoms with van der Waals surface area (Å²) >= 11 is 0. The Hall–Kier alpha value is -2.63. The van der Waals surface area contributed by atoms with E-state index < -0.39 is 6.10 Å². The average molecular weight is 352 g/mol. The monoisotopic (exact) mass is 352 g/mol. The molecule has 0 radical (unpaired) electrons. The third-order valence-electron chi connectivity index (χ3n) is 4.69. The number of phenols is 1. The lowest BCUT2D eigenvalue weighted by atomic mass is 10.1. The van der Waals surface area contributed by atoms with Crippen molar-refractivity contribution in [2.45, 2.75) is 26.5 Å². The number of pyridine rings is 1. The van der Waals surface area contributed by atoms with Crippen molar-refractivity contribution in [2.24, 2.45) is 0 Å². The van der Waals surface area contributed by atoms with E-state index in [9.17, 15) is 15.0 Å². The summed E-state index contributed by atoms with van der Waals surface area (Å²) < 4.78 is 0. The van der Waals surface area contributed by atoms with Crippen LogP contribution in [0.15, 0.2) is 53.3 Å². The number of hydrogen-bond acceptors (Lipinski definition) is 4. The van der Waals surface area contributed by atoms with Crippen molar-refractivity contribution < 1.29 is 10.2 Å². The van der Waals surface area contributed by atoms with Gasteiger partial charge in [0.15, 0.2) is 0 Å². The van der Waals surface area contributed by atoms with Crippen molar-refractivity contribution in [3.63, 3.8) is 0 Å². The zero-order valence-electron chi connectivity index (χ0n) is 15.1. The van der Waals surface area contributed by atoms with Crippen molar-refractivity contribution in [2.75, 3.05) is 13.1 Å². The summed E-state index contributed by atoms with van der Waals surface area (Å²) in [5, 5.41) is 21.0. The number of para-hydroxylation sites is 1. The van der Waals surface area contributed by atoms with Gasteiger partial charge in [0.25, 0.3) is 5.56 Å². The van der Waals surface area contributed by atoms with Gasteiger partial charge in [0.2, 0.25) is 0 Å². The van der Waals surface area contributed by atoms with E-state index in [1.54, 1.807) is 24.3 Å². The van der Waals surface area contributed by atoms with Crippen LogP contribution in [0.25, 0.3) is 10.9 Å². The standard InChI is InChI=1S/C21H24N2O3/c1-3-23(13-19(25)15-7-5-9-18(24)11-15)12-17-10-16-8-4-6-14(2)20(16)22-21(17)26/h4-11,19,24-25H,3,12-13H2,1-2H3,(H,22,26). The number of aryl methyl sites for hydroxylation is 1. The fourth-order valence-electron chi connectivity index (χ4n) is 3.17. The van der Waals surface area contributed by atoms with E-state index in [0.29, 0.717) is 30.8 Å². The van der Waals surface area contributed by atoms with E-state index >= 15 is 0 Å². The molecule has 0 aliphatic carbocycles. The van der Waals surface area contributed by atoms with Crippen molar-refractivity contribution in [1.29, 1.82) is 0 Å². The number of rotatable bonds is 6. The van der Waals surface area contributed by atoms with Gasteiger partial charge in [-0.15, -0.1) is 0 Å². The fraction of sp³-hybridized carbons (Fsp3) is 0.286. The first-order valence-electron chi connectivity index (χ1n) is 8.78. The van der Waals surface area contributed by atoms with Gasteiger partial charge in [-0.1, -0.05) is 37.3 Å². The number of aliphatic hydroxyl groups is 1. The van der Waals surface area contributed by atoms with Gasteiger partial charge in [0.05, 0.1) is 11.6 Å². The Kier molecular flexibility index (Phi) is 5.40. The molecule has 0 aliphatic rings. The molecule has 0 saturated heterocycles. The summed E-state index contributed by atoms with van der Waals surface area (Å²) in [7, 11) is 0. The fourth-order valence-corrected chi connectivity index (χ4v) is 3.17. The van der Waals surface area contributed by atoms with Crippen LogP contribution in [0.3, 0.4) is 0 Å². The topological polar surface area (TPSA) is 76.6 Å². The second-order valence-electron chi connectivity index (χ2n) is 6.60. The lowest BCUT2D eigenvalue weighted by Crippen LogP contribution is -2.30. The number of aromatic nitrogens is 1. The molecule has 5 nitrogen and oxygen atoms in total. The highest BCUT2D eigenvalue weighted by atomic mass is 16.3. The van der Waals surface area contributed by atoms with Gasteiger partial charge in [0, 0.05) is 18.7 Å². The Morgan fingerprint density at radius 2 is 1.92 bits per heavy atom. The lowest BCUT2D eigenvalue weighted by molar-refractivity contribution is 0.112. The van der Waals surface area contributed by atoms with Gasteiger partial charge < -0.3 is 15.2 Å². The van der Waals surface area contributed by atoms with Crippen molar-refractivity contribution in [1.82, 2.24) is 9.88 Å². The molecule has 0 spiro atoms. The number of aliphatic hydroxyl groups excluding tert-OH is 1. The number of likely N-dealkylation sites (N-methyl/N-ethyl adjacent to an activating group) is 1. The molecule has 1 unspecified atom stereocenters. The Balaban J connectivity index is 1.81. The highest BCUT2D eigenvalue weighted by Crippen LogP contribution is 2.20. The number of nitrogens with one attached hydrogen (secondary N) is 1. The minimum atomic E-state index is -0.733. The number of nitrogens with zero attached hydrogens (tertiary/aromatic N) is 1. The van der Waals surface area contributed by atoms with E-state index in [1.807, 2.05) is 43.0 Å². The van der Waals surface area contributed by atoms with E-state index in [4.69, 9.17) is 0 Å². The maximum atomic E-state index is 12.5. The Bertz CT molecular complexity index is 965. The summed E-state index contributed by atoms with van der Waals surface area (Å²) in [4.78, 5) is 17.4. The number of benzene rings is 2. The van der Waals surface area contributed by atoms with Crippen molar-refractivity contribution >= 4 is 10.9 Å². The van der Waals surface area contributed by atoms with Crippen LogP contribution in [0.4, 0.5) is 0 Å². The molecule has 2 aromatic carbocycles. The molecule has 26 heavy (non-hydrogen) atoms. The molecule has 1 atom stereocenters. The van der Waals surface area contributed by atoms with Crippen LogP contribution in [0.5, 0.6) is 5.75 Å². The zero-order chi connectivity index (χ0) is 18.7. The maximum Gasteiger partial charge on any atom is 0.252 e.